The van der Waals surface area contributed by atoms with E-state index in [9.17, 15) is 5.11 Å². The van der Waals surface area contributed by atoms with E-state index in [4.69, 9.17) is 9.47 Å². The van der Waals surface area contributed by atoms with Gasteiger partial charge in [0, 0.05) is 19.3 Å². The Morgan fingerprint density at radius 2 is 1.95 bits per heavy atom. The van der Waals surface area contributed by atoms with E-state index in [0.717, 1.165) is 12.1 Å². The van der Waals surface area contributed by atoms with Gasteiger partial charge in [-0.15, -0.1) is 0 Å². The second kappa shape index (κ2) is 8.25. The van der Waals surface area contributed by atoms with Crippen molar-refractivity contribution in [3.63, 3.8) is 0 Å². The molecule has 0 amide bonds. The fraction of sp³-hybridized carbons (Fsp3) is 0.625. The highest BCUT2D eigenvalue weighted by molar-refractivity contribution is 5.51. The van der Waals surface area contributed by atoms with Gasteiger partial charge in [-0.1, -0.05) is 18.2 Å². The first-order valence-corrected chi connectivity index (χ1v) is 7.05. The lowest BCUT2D eigenvalue weighted by molar-refractivity contribution is -0.0449. The highest BCUT2D eigenvalue weighted by Gasteiger charge is 2.13. The third-order valence-corrected chi connectivity index (χ3v) is 2.83. The Morgan fingerprint density at radius 3 is 2.60 bits per heavy atom. The second-order valence-corrected chi connectivity index (χ2v) is 5.86. The summed E-state index contributed by atoms with van der Waals surface area (Å²) in [5.41, 5.74) is 2.01. The summed E-state index contributed by atoms with van der Waals surface area (Å²) in [7, 11) is 1.70. The van der Waals surface area contributed by atoms with Crippen LogP contribution in [0.1, 0.15) is 26.3 Å². The van der Waals surface area contributed by atoms with Gasteiger partial charge in [-0.25, -0.2) is 0 Å². The van der Waals surface area contributed by atoms with Gasteiger partial charge in [-0.3, -0.25) is 0 Å². The third-order valence-electron chi connectivity index (χ3n) is 2.83. The molecular formula is C16H27NO3. The van der Waals surface area contributed by atoms with E-state index < -0.39 is 6.10 Å². The zero-order valence-electron chi connectivity index (χ0n) is 13.0. The third kappa shape index (κ3) is 6.89. The van der Waals surface area contributed by atoms with Gasteiger partial charge in [-0.2, -0.15) is 0 Å². The lowest BCUT2D eigenvalue weighted by atomic mass is 10.1. The van der Waals surface area contributed by atoms with E-state index in [1.165, 1.54) is 5.56 Å². The molecule has 1 atom stereocenters. The number of para-hydroxylation sites is 1. The predicted octanol–water partition coefficient (Wildman–Crippen LogP) is 2.46. The average molecular weight is 281 g/mol. The molecule has 0 aliphatic heterocycles. The molecule has 0 spiro atoms. The van der Waals surface area contributed by atoms with Crippen LogP contribution < -0.4 is 5.32 Å². The Morgan fingerprint density at radius 1 is 1.25 bits per heavy atom. The number of ether oxygens (including phenoxy) is 2. The molecule has 0 aliphatic rings. The summed E-state index contributed by atoms with van der Waals surface area (Å²) in [6, 6.07) is 8.08. The first-order chi connectivity index (χ1) is 9.42. The molecule has 114 valence electrons. The van der Waals surface area contributed by atoms with E-state index in [2.05, 4.69) is 11.4 Å². The zero-order chi connectivity index (χ0) is 15.0. The van der Waals surface area contributed by atoms with Crippen LogP contribution in [0.2, 0.25) is 0 Å². The minimum absolute atomic E-state index is 0.225. The number of aliphatic hydroxyl groups is 1. The minimum atomic E-state index is -0.523. The number of methoxy groups -OCH3 is 1. The van der Waals surface area contributed by atoms with Crippen LogP contribution in [0.25, 0.3) is 0 Å². The molecular weight excluding hydrogens is 254 g/mol. The summed E-state index contributed by atoms with van der Waals surface area (Å²) < 4.78 is 10.7. The quantitative estimate of drug-likeness (QED) is 0.768. The topological polar surface area (TPSA) is 50.7 Å². The van der Waals surface area contributed by atoms with E-state index in [-0.39, 0.29) is 5.60 Å². The number of benzene rings is 1. The monoisotopic (exact) mass is 281 g/mol. The summed E-state index contributed by atoms with van der Waals surface area (Å²) >= 11 is 0. The smallest absolute Gasteiger partial charge is 0.0945 e. The minimum Gasteiger partial charge on any atom is -0.389 e. The van der Waals surface area contributed by atoms with Gasteiger partial charge in [0.25, 0.3) is 0 Å². The molecule has 4 heteroatoms. The molecule has 20 heavy (non-hydrogen) atoms. The number of hydrogen-bond acceptors (Lipinski definition) is 4. The summed E-state index contributed by atoms with van der Waals surface area (Å²) in [6.07, 6.45) is 0.332. The molecule has 0 radical (unpaired) electrons. The van der Waals surface area contributed by atoms with Crippen LogP contribution in [-0.4, -0.2) is 43.7 Å². The van der Waals surface area contributed by atoms with Crippen molar-refractivity contribution in [2.75, 3.05) is 32.2 Å². The molecule has 0 saturated heterocycles. The largest absolute Gasteiger partial charge is 0.389 e. The summed E-state index contributed by atoms with van der Waals surface area (Å²) in [5.74, 6) is 0. The molecule has 0 aliphatic carbocycles. The maximum Gasteiger partial charge on any atom is 0.0945 e. The normalized spacial score (nSPS) is 13.2. The zero-order valence-corrected chi connectivity index (χ0v) is 13.0. The van der Waals surface area contributed by atoms with Crippen LogP contribution in [0.3, 0.4) is 0 Å². The Bertz CT molecular complexity index is 388. The molecule has 0 heterocycles. The molecule has 1 rings (SSSR count). The predicted molar refractivity (Wildman–Crippen MR) is 82.2 cm³/mol. The molecule has 1 aromatic carbocycles. The van der Waals surface area contributed by atoms with Gasteiger partial charge < -0.3 is 19.9 Å². The highest BCUT2D eigenvalue weighted by atomic mass is 16.5. The maximum absolute atomic E-state index is 9.93. The Labute approximate surface area is 122 Å². The van der Waals surface area contributed by atoms with Gasteiger partial charge >= 0.3 is 0 Å². The van der Waals surface area contributed by atoms with Crippen molar-refractivity contribution in [1.82, 2.24) is 0 Å². The van der Waals surface area contributed by atoms with Crippen molar-refractivity contribution in [3.8, 4) is 0 Å². The van der Waals surface area contributed by atoms with Crippen molar-refractivity contribution in [3.05, 3.63) is 29.8 Å². The first kappa shape index (κ1) is 17.0. The van der Waals surface area contributed by atoms with Crippen LogP contribution in [0.4, 0.5) is 5.69 Å². The lowest BCUT2D eigenvalue weighted by Gasteiger charge is -2.22. The van der Waals surface area contributed by atoms with E-state index >= 15 is 0 Å². The summed E-state index contributed by atoms with van der Waals surface area (Å²) in [5, 5.41) is 13.2. The fourth-order valence-electron chi connectivity index (χ4n) is 1.76. The molecule has 2 N–H and O–H groups in total. The Balaban J connectivity index is 2.44. The molecule has 1 unspecified atom stereocenters. The highest BCUT2D eigenvalue weighted by Crippen LogP contribution is 2.16. The number of hydrogen-bond donors (Lipinski definition) is 2. The Hall–Kier alpha value is -1.10. The SMILES string of the molecule is COCCc1ccccc1NCC(O)COC(C)(C)C. The van der Waals surface area contributed by atoms with E-state index in [0.29, 0.717) is 19.8 Å². The number of nitrogens with one attached hydrogen (secondary N) is 1. The van der Waals surface area contributed by atoms with Crippen LogP contribution in [0.15, 0.2) is 24.3 Å². The molecule has 4 nitrogen and oxygen atoms in total. The molecule has 0 saturated carbocycles. The van der Waals surface area contributed by atoms with Gasteiger partial charge in [0.2, 0.25) is 0 Å². The van der Waals surface area contributed by atoms with E-state index in [1.807, 2.05) is 39.0 Å². The van der Waals surface area contributed by atoms with Crippen LogP contribution in [0, 0.1) is 0 Å². The van der Waals surface area contributed by atoms with Crippen LogP contribution in [-0.2, 0) is 15.9 Å². The van der Waals surface area contributed by atoms with Gasteiger partial charge in [0.05, 0.1) is 24.9 Å². The Kier molecular flexibility index (Phi) is 6.99. The molecule has 0 fully saturated rings. The van der Waals surface area contributed by atoms with Crippen molar-refractivity contribution in [2.45, 2.75) is 38.9 Å². The van der Waals surface area contributed by atoms with Gasteiger partial charge in [-0.05, 0) is 38.8 Å². The number of rotatable bonds is 8. The number of aliphatic hydroxyl groups excluding tert-OH is 1. The standard InChI is InChI=1S/C16H27NO3/c1-16(2,3)20-12-14(18)11-17-15-8-6-5-7-13(15)9-10-19-4/h5-8,14,17-18H,9-12H2,1-4H3. The first-order valence-electron chi connectivity index (χ1n) is 7.05. The van der Waals surface area contributed by atoms with Crippen LogP contribution >= 0.6 is 0 Å². The maximum atomic E-state index is 9.93. The second-order valence-electron chi connectivity index (χ2n) is 5.86. The van der Waals surface area contributed by atoms with Gasteiger partial charge in [0.15, 0.2) is 0 Å². The summed E-state index contributed by atoms with van der Waals surface area (Å²) in [4.78, 5) is 0. The van der Waals surface area contributed by atoms with Crippen molar-refractivity contribution in [1.29, 1.82) is 0 Å². The van der Waals surface area contributed by atoms with Gasteiger partial charge in [0.1, 0.15) is 0 Å². The van der Waals surface area contributed by atoms with E-state index in [1.54, 1.807) is 7.11 Å². The summed E-state index contributed by atoms with van der Waals surface area (Å²) in [6.45, 7) is 7.43. The molecule has 1 aromatic rings. The van der Waals surface area contributed by atoms with Crippen molar-refractivity contribution >= 4 is 5.69 Å². The fourth-order valence-corrected chi connectivity index (χ4v) is 1.76. The average Bonchev–Trinajstić information content (AvgIpc) is 2.40. The molecule has 0 aromatic heterocycles. The van der Waals surface area contributed by atoms with Crippen molar-refractivity contribution < 1.29 is 14.6 Å². The lowest BCUT2D eigenvalue weighted by Crippen LogP contribution is -2.30. The van der Waals surface area contributed by atoms with Crippen LogP contribution in [0.5, 0.6) is 0 Å². The molecule has 0 bridgehead atoms. The number of anilines is 1. The van der Waals surface area contributed by atoms with Crippen molar-refractivity contribution in [2.24, 2.45) is 0 Å².